The Morgan fingerprint density at radius 3 is 1.69 bits per heavy atom. The summed E-state index contributed by atoms with van der Waals surface area (Å²) in [6, 6.07) is 20.3. The van der Waals surface area contributed by atoms with Gasteiger partial charge in [-0.05, 0) is 40.4 Å². The Hall–Kier alpha value is -2.33. The summed E-state index contributed by atoms with van der Waals surface area (Å²) in [7, 11) is -1.81. The van der Waals surface area contributed by atoms with Crippen LogP contribution in [-0.2, 0) is 9.16 Å². The van der Waals surface area contributed by atoms with Crippen molar-refractivity contribution < 1.29 is 9.16 Å². The van der Waals surface area contributed by atoms with Crippen LogP contribution in [0.15, 0.2) is 77.8 Å². The average Bonchev–Trinajstić information content (AvgIpc) is 2.54. The van der Waals surface area contributed by atoms with Gasteiger partial charge >= 0.3 is 0 Å². The highest BCUT2D eigenvalue weighted by molar-refractivity contribution is 6.70. The molecule has 4 heteroatoms. The molecule has 0 atom stereocenters. The van der Waals surface area contributed by atoms with Crippen LogP contribution >= 0.6 is 0 Å². The Labute approximate surface area is 158 Å². The van der Waals surface area contributed by atoms with Gasteiger partial charge in [0.15, 0.2) is 0 Å². The molecule has 2 aromatic carbocycles. The van der Waals surface area contributed by atoms with Crippen LogP contribution in [0.3, 0.4) is 0 Å². The van der Waals surface area contributed by atoms with Crippen LogP contribution in [0.1, 0.15) is 31.9 Å². The van der Waals surface area contributed by atoms with Gasteiger partial charge in [0.05, 0.1) is 5.71 Å². The molecule has 2 rings (SSSR count). The standard InChI is InChI=1S/C22H29NO2Si/c1-22(2,3)24-20(25-26(4,5)6)17-23-21(18-13-9-7-10-14-18)19-15-11-8-12-16-19/h7-17H,1-6H3/b20-17+. The van der Waals surface area contributed by atoms with Gasteiger partial charge in [-0.3, -0.25) is 0 Å². The Morgan fingerprint density at radius 2 is 1.31 bits per heavy atom. The van der Waals surface area contributed by atoms with Gasteiger partial charge in [-0.1, -0.05) is 60.7 Å². The minimum absolute atomic E-state index is 0.347. The molecule has 0 heterocycles. The molecule has 0 aliphatic rings. The summed E-state index contributed by atoms with van der Waals surface area (Å²) < 4.78 is 12.1. The van der Waals surface area contributed by atoms with E-state index in [0.29, 0.717) is 5.95 Å². The van der Waals surface area contributed by atoms with Crippen molar-refractivity contribution in [3.8, 4) is 0 Å². The monoisotopic (exact) mass is 367 g/mol. The van der Waals surface area contributed by atoms with Crippen molar-refractivity contribution in [1.82, 2.24) is 0 Å². The molecule has 2 aromatic rings. The largest absolute Gasteiger partial charge is 0.519 e. The summed E-state index contributed by atoms with van der Waals surface area (Å²) in [6.45, 7) is 12.4. The SMILES string of the molecule is CC(C)(C)O/C(=C\N=C(c1ccccc1)c1ccccc1)O[Si](C)(C)C. The first kappa shape index (κ1) is 20.0. The molecular weight excluding hydrogens is 338 g/mol. The zero-order chi connectivity index (χ0) is 19.2. The van der Waals surface area contributed by atoms with E-state index in [0.717, 1.165) is 16.8 Å². The number of nitrogens with zero attached hydrogens (tertiary/aromatic N) is 1. The fourth-order valence-corrected chi connectivity index (χ4v) is 3.00. The molecule has 0 aliphatic carbocycles. The van der Waals surface area contributed by atoms with Crippen LogP contribution < -0.4 is 0 Å². The van der Waals surface area contributed by atoms with Gasteiger partial charge in [0.2, 0.25) is 8.32 Å². The molecule has 3 nitrogen and oxygen atoms in total. The highest BCUT2D eigenvalue weighted by Gasteiger charge is 2.22. The Balaban J connectivity index is 2.47. The molecule has 0 aliphatic heterocycles. The molecule has 0 fully saturated rings. The van der Waals surface area contributed by atoms with Crippen molar-refractivity contribution in [2.75, 3.05) is 0 Å². The van der Waals surface area contributed by atoms with Crippen LogP contribution in [0.25, 0.3) is 0 Å². The Bertz CT molecular complexity index is 695. The second-order valence-electron chi connectivity index (χ2n) is 8.09. The maximum atomic E-state index is 6.11. The predicted molar refractivity (Wildman–Crippen MR) is 112 cm³/mol. The molecule has 138 valence electrons. The molecule has 0 saturated carbocycles. The summed E-state index contributed by atoms with van der Waals surface area (Å²) in [4.78, 5) is 4.76. The smallest absolute Gasteiger partial charge is 0.285 e. The first-order valence-corrected chi connectivity index (χ1v) is 12.3. The minimum Gasteiger partial charge on any atom is -0.519 e. The van der Waals surface area contributed by atoms with E-state index in [9.17, 15) is 0 Å². The summed E-state index contributed by atoms with van der Waals surface area (Å²) in [5.41, 5.74) is 2.65. The highest BCUT2D eigenvalue weighted by Crippen LogP contribution is 2.20. The topological polar surface area (TPSA) is 30.8 Å². The molecular formula is C22H29NO2Si. The molecule has 0 unspecified atom stereocenters. The molecule has 0 spiro atoms. The Morgan fingerprint density at radius 1 is 0.846 bits per heavy atom. The summed E-state index contributed by atoms with van der Waals surface area (Å²) in [5, 5.41) is 0. The maximum Gasteiger partial charge on any atom is 0.285 e. The van der Waals surface area contributed by atoms with E-state index in [2.05, 4.69) is 43.9 Å². The zero-order valence-corrected chi connectivity index (χ0v) is 17.6. The molecule has 0 radical (unpaired) electrons. The molecule has 0 bridgehead atoms. The van der Waals surface area contributed by atoms with Gasteiger partial charge in [-0.2, -0.15) is 0 Å². The number of aliphatic imine (C=N–C) groups is 1. The lowest BCUT2D eigenvalue weighted by atomic mass is 10.0. The summed E-state index contributed by atoms with van der Waals surface area (Å²) in [5.74, 6) is 0.473. The van der Waals surface area contributed by atoms with E-state index >= 15 is 0 Å². The Kier molecular flexibility index (Phi) is 6.43. The number of ether oxygens (including phenoxy) is 1. The van der Waals surface area contributed by atoms with Crippen LogP contribution in [-0.4, -0.2) is 19.6 Å². The van der Waals surface area contributed by atoms with Crippen molar-refractivity contribution in [2.45, 2.75) is 46.0 Å². The van der Waals surface area contributed by atoms with Crippen molar-refractivity contribution in [2.24, 2.45) is 4.99 Å². The van der Waals surface area contributed by atoms with Crippen LogP contribution in [0.2, 0.25) is 19.6 Å². The summed E-state index contributed by atoms with van der Waals surface area (Å²) >= 11 is 0. The fourth-order valence-electron chi connectivity index (χ4n) is 2.30. The lowest BCUT2D eigenvalue weighted by Gasteiger charge is -2.27. The fraction of sp³-hybridized carbons (Fsp3) is 0.318. The second-order valence-corrected chi connectivity index (χ2v) is 12.5. The second kappa shape index (κ2) is 8.36. The molecule has 0 aromatic heterocycles. The quantitative estimate of drug-likeness (QED) is 0.357. The van der Waals surface area contributed by atoms with Gasteiger partial charge in [0.1, 0.15) is 11.8 Å². The van der Waals surface area contributed by atoms with E-state index < -0.39 is 8.32 Å². The van der Waals surface area contributed by atoms with Crippen LogP contribution in [0.4, 0.5) is 0 Å². The molecule has 0 amide bonds. The lowest BCUT2D eigenvalue weighted by molar-refractivity contribution is -0.00875. The van der Waals surface area contributed by atoms with E-state index in [1.807, 2.05) is 57.2 Å². The maximum absolute atomic E-state index is 6.11. The van der Waals surface area contributed by atoms with Crippen LogP contribution in [0, 0.1) is 0 Å². The first-order valence-electron chi connectivity index (χ1n) is 8.91. The van der Waals surface area contributed by atoms with Gasteiger partial charge in [0, 0.05) is 11.1 Å². The summed E-state index contributed by atoms with van der Waals surface area (Å²) in [6.07, 6.45) is 1.71. The van der Waals surface area contributed by atoms with Crippen molar-refractivity contribution in [3.63, 3.8) is 0 Å². The average molecular weight is 368 g/mol. The normalized spacial score (nSPS) is 12.5. The number of benzene rings is 2. The number of rotatable bonds is 6. The zero-order valence-electron chi connectivity index (χ0n) is 16.6. The number of hydrogen-bond donors (Lipinski definition) is 0. The van der Waals surface area contributed by atoms with E-state index in [-0.39, 0.29) is 5.60 Å². The third kappa shape index (κ3) is 6.88. The number of hydrogen-bond acceptors (Lipinski definition) is 3. The minimum atomic E-state index is -1.81. The van der Waals surface area contributed by atoms with E-state index in [1.54, 1.807) is 6.20 Å². The third-order valence-corrected chi connectivity index (χ3v) is 4.02. The van der Waals surface area contributed by atoms with E-state index in [1.165, 1.54) is 0 Å². The van der Waals surface area contributed by atoms with Crippen LogP contribution in [0.5, 0.6) is 0 Å². The van der Waals surface area contributed by atoms with Gasteiger partial charge in [0.25, 0.3) is 5.95 Å². The third-order valence-electron chi connectivity index (χ3n) is 3.21. The van der Waals surface area contributed by atoms with Crippen molar-refractivity contribution in [3.05, 3.63) is 83.9 Å². The van der Waals surface area contributed by atoms with Gasteiger partial charge in [-0.15, -0.1) is 0 Å². The highest BCUT2D eigenvalue weighted by atomic mass is 28.4. The molecule has 0 saturated heterocycles. The molecule has 26 heavy (non-hydrogen) atoms. The van der Waals surface area contributed by atoms with Gasteiger partial charge in [-0.25, -0.2) is 4.99 Å². The van der Waals surface area contributed by atoms with Crippen molar-refractivity contribution >= 4 is 14.0 Å². The lowest BCUT2D eigenvalue weighted by Crippen LogP contribution is -2.29. The van der Waals surface area contributed by atoms with E-state index in [4.69, 9.17) is 14.2 Å². The van der Waals surface area contributed by atoms with Crippen molar-refractivity contribution in [1.29, 1.82) is 0 Å². The molecule has 0 N–H and O–H groups in total. The van der Waals surface area contributed by atoms with Gasteiger partial charge < -0.3 is 9.16 Å². The first-order chi connectivity index (χ1) is 12.1. The predicted octanol–water partition coefficient (Wildman–Crippen LogP) is 5.99.